The highest BCUT2D eigenvalue weighted by Crippen LogP contribution is 2.48. The van der Waals surface area contributed by atoms with Crippen molar-refractivity contribution in [1.29, 1.82) is 0 Å². The van der Waals surface area contributed by atoms with Gasteiger partial charge in [0.05, 0.1) is 11.8 Å². The molecule has 1 amide bonds. The highest BCUT2D eigenvalue weighted by Gasteiger charge is 2.51. The van der Waals surface area contributed by atoms with Crippen molar-refractivity contribution in [3.63, 3.8) is 0 Å². The number of primary amides is 1. The maximum Gasteiger partial charge on any atom is 0.314 e. The minimum atomic E-state index is -0.787. The number of nitrogens with two attached hydrogens (primary N) is 1. The Morgan fingerprint density at radius 1 is 1.39 bits per heavy atom. The number of rotatable bonds is 3. The van der Waals surface area contributed by atoms with Gasteiger partial charge in [-0.1, -0.05) is 24.0 Å². The Morgan fingerprint density at radius 2 is 2.11 bits per heavy atom. The molecule has 1 saturated carbocycles. The summed E-state index contributed by atoms with van der Waals surface area (Å²) in [5.41, 5.74) is 5.75. The lowest BCUT2D eigenvalue weighted by Crippen LogP contribution is -2.19. The lowest BCUT2D eigenvalue weighted by Gasteiger charge is -2.09. The van der Waals surface area contributed by atoms with Crippen molar-refractivity contribution >= 4 is 11.9 Å². The van der Waals surface area contributed by atoms with Crippen LogP contribution in [0.2, 0.25) is 0 Å². The lowest BCUT2D eigenvalue weighted by atomic mass is 9.94. The van der Waals surface area contributed by atoms with E-state index >= 15 is 0 Å². The molecule has 1 aromatic carbocycles. The molecule has 0 aliphatic heterocycles. The smallest absolute Gasteiger partial charge is 0.314 e. The lowest BCUT2D eigenvalue weighted by molar-refractivity contribution is -0.140. The maximum absolute atomic E-state index is 11.2. The maximum atomic E-state index is 11.2. The molecule has 1 aromatic rings. The first-order valence-corrected chi connectivity index (χ1v) is 5.66. The van der Waals surface area contributed by atoms with Gasteiger partial charge in [0.15, 0.2) is 0 Å². The van der Waals surface area contributed by atoms with Crippen molar-refractivity contribution in [3.8, 4) is 11.8 Å². The predicted molar refractivity (Wildman–Crippen MR) is 65.7 cm³/mol. The summed E-state index contributed by atoms with van der Waals surface area (Å²) in [5, 5.41) is 9.20. The van der Waals surface area contributed by atoms with Crippen molar-refractivity contribution in [1.82, 2.24) is 0 Å². The predicted octanol–water partition coefficient (Wildman–Crippen LogP) is 1.03. The molecule has 0 unspecified atom stereocenters. The molecular weight excluding hydrogens is 230 g/mol. The van der Waals surface area contributed by atoms with E-state index in [9.17, 15) is 14.7 Å². The number of carboxylic acids is 1. The Labute approximate surface area is 105 Å². The van der Waals surface area contributed by atoms with E-state index in [0.29, 0.717) is 18.4 Å². The van der Waals surface area contributed by atoms with E-state index in [1.807, 2.05) is 0 Å². The van der Waals surface area contributed by atoms with Gasteiger partial charge in [-0.15, -0.1) is 0 Å². The summed E-state index contributed by atoms with van der Waals surface area (Å²) in [7, 11) is 0. The molecule has 0 heterocycles. The largest absolute Gasteiger partial charge is 0.481 e. The van der Waals surface area contributed by atoms with Crippen LogP contribution >= 0.6 is 0 Å². The van der Waals surface area contributed by atoms with Crippen LogP contribution in [0.15, 0.2) is 24.3 Å². The minimum Gasteiger partial charge on any atom is -0.481 e. The van der Waals surface area contributed by atoms with Gasteiger partial charge in [-0.3, -0.25) is 9.59 Å². The van der Waals surface area contributed by atoms with Gasteiger partial charge < -0.3 is 10.8 Å². The highest BCUT2D eigenvalue weighted by atomic mass is 16.4. The van der Waals surface area contributed by atoms with E-state index < -0.39 is 17.3 Å². The molecule has 4 nitrogen and oxygen atoms in total. The Hall–Kier alpha value is -2.28. The topological polar surface area (TPSA) is 80.4 Å². The molecule has 0 saturated heterocycles. The van der Waals surface area contributed by atoms with Crippen LogP contribution in [0.1, 0.15) is 30.4 Å². The molecule has 4 heteroatoms. The fraction of sp³-hybridized carbons (Fsp3) is 0.286. The van der Waals surface area contributed by atoms with E-state index in [2.05, 4.69) is 11.8 Å². The van der Waals surface area contributed by atoms with Gasteiger partial charge in [-0.25, -0.2) is 0 Å². The molecular formula is C14H13NO3. The summed E-state index contributed by atoms with van der Waals surface area (Å²) in [4.78, 5) is 21.8. The molecule has 3 N–H and O–H groups in total. The van der Waals surface area contributed by atoms with Crippen LogP contribution in [0.3, 0.4) is 0 Å². The first kappa shape index (κ1) is 12.2. The van der Waals surface area contributed by atoms with E-state index in [-0.39, 0.29) is 6.42 Å². The molecule has 18 heavy (non-hydrogen) atoms. The van der Waals surface area contributed by atoms with Crippen molar-refractivity contribution in [2.24, 2.45) is 5.73 Å². The summed E-state index contributed by atoms with van der Waals surface area (Å²) in [6.45, 7) is 0. The Morgan fingerprint density at radius 3 is 2.67 bits per heavy atom. The standard InChI is InChI=1S/C14H13NO3/c15-12(16)6-2-4-10-3-1-5-11(9-10)14(7-8-14)13(17)18/h1,3,5,9H,6-8H2,(H2,15,16)(H,17,18). The van der Waals surface area contributed by atoms with Gasteiger partial charge in [0, 0.05) is 5.56 Å². The monoisotopic (exact) mass is 243 g/mol. The van der Waals surface area contributed by atoms with Gasteiger partial charge in [0.1, 0.15) is 0 Å². The van der Waals surface area contributed by atoms with Gasteiger partial charge in [0.2, 0.25) is 5.91 Å². The van der Waals surface area contributed by atoms with Crippen LogP contribution in [-0.2, 0) is 15.0 Å². The van der Waals surface area contributed by atoms with Gasteiger partial charge in [0.25, 0.3) is 0 Å². The second-order valence-corrected chi connectivity index (χ2v) is 4.41. The molecule has 2 rings (SSSR count). The van der Waals surface area contributed by atoms with Crippen LogP contribution in [0, 0.1) is 11.8 Å². The average molecular weight is 243 g/mol. The molecule has 0 atom stereocenters. The number of carbonyl (C=O) groups excluding carboxylic acids is 1. The van der Waals surface area contributed by atoms with E-state index in [0.717, 1.165) is 5.56 Å². The Balaban J connectivity index is 2.23. The van der Waals surface area contributed by atoms with Crippen LogP contribution in [0.25, 0.3) is 0 Å². The van der Waals surface area contributed by atoms with Crippen molar-refractivity contribution in [2.75, 3.05) is 0 Å². The zero-order chi connectivity index (χ0) is 13.2. The average Bonchev–Trinajstić information content (AvgIpc) is 3.10. The number of aliphatic carboxylic acids is 1. The van der Waals surface area contributed by atoms with Crippen LogP contribution in [0.5, 0.6) is 0 Å². The fourth-order valence-corrected chi connectivity index (χ4v) is 1.88. The summed E-state index contributed by atoms with van der Waals surface area (Å²) in [6.07, 6.45) is 1.34. The van der Waals surface area contributed by atoms with Crippen LogP contribution in [-0.4, -0.2) is 17.0 Å². The molecule has 1 aliphatic rings. The fourth-order valence-electron chi connectivity index (χ4n) is 1.88. The molecule has 0 bridgehead atoms. The second kappa shape index (κ2) is 4.53. The number of amides is 1. The highest BCUT2D eigenvalue weighted by molar-refractivity contribution is 5.85. The number of hydrogen-bond acceptors (Lipinski definition) is 2. The minimum absolute atomic E-state index is 0.00824. The molecule has 1 aliphatic carbocycles. The third-order valence-electron chi connectivity index (χ3n) is 3.07. The normalized spacial score (nSPS) is 15.3. The SMILES string of the molecule is NC(=O)CC#Cc1cccc(C2(C(=O)O)CC2)c1. The summed E-state index contributed by atoms with van der Waals surface area (Å²) in [6, 6.07) is 7.15. The van der Waals surface area contributed by atoms with Gasteiger partial charge >= 0.3 is 5.97 Å². The quantitative estimate of drug-likeness (QED) is 0.778. The van der Waals surface area contributed by atoms with Crippen LogP contribution < -0.4 is 5.73 Å². The zero-order valence-corrected chi connectivity index (χ0v) is 9.77. The van der Waals surface area contributed by atoms with Crippen molar-refractivity contribution in [2.45, 2.75) is 24.7 Å². The second-order valence-electron chi connectivity index (χ2n) is 4.41. The van der Waals surface area contributed by atoms with Gasteiger partial charge in [-0.2, -0.15) is 0 Å². The van der Waals surface area contributed by atoms with Crippen LogP contribution in [0.4, 0.5) is 0 Å². The number of carbonyl (C=O) groups is 2. The molecule has 0 radical (unpaired) electrons. The number of hydrogen-bond donors (Lipinski definition) is 2. The van der Waals surface area contributed by atoms with E-state index in [1.54, 1.807) is 24.3 Å². The first-order valence-electron chi connectivity index (χ1n) is 5.66. The van der Waals surface area contributed by atoms with Crippen molar-refractivity contribution < 1.29 is 14.7 Å². The van der Waals surface area contributed by atoms with Crippen molar-refractivity contribution in [3.05, 3.63) is 35.4 Å². The van der Waals surface area contributed by atoms with E-state index in [4.69, 9.17) is 5.73 Å². The number of carboxylic acid groups (broad SMARTS) is 1. The third-order valence-corrected chi connectivity index (χ3v) is 3.07. The molecule has 0 spiro atoms. The molecule has 1 fully saturated rings. The molecule has 0 aromatic heterocycles. The summed E-state index contributed by atoms with van der Waals surface area (Å²) >= 11 is 0. The molecule has 92 valence electrons. The third kappa shape index (κ3) is 2.35. The number of benzene rings is 1. The Bertz CT molecular complexity index is 562. The van der Waals surface area contributed by atoms with Gasteiger partial charge in [-0.05, 0) is 30.5 Å². The van der Waals surface area contributed by atoms with E-state index in [1.165, 1.54) is 0 Å². The zero-order valence-electron chi connectivity index (χ0n) is 9.77. The first-order chi connectivity index (χ1) is 8.54. The summed E-state index contributed by atoms with van der Waals surface area (Å²) < 4.78 is 0. The Kier molecular flexibility index (Phi) is 3.07. The summed E-state index contributed by atoms with van der Waals surface area (Å²) in [5.74, 6) is 4.21.